The van der Waals surface area contributed by atoms with Crippen molar-refractivity contribution in [3.05, 3.63) is 109 Å². The molecule has 0 bridgehead atoms. The molecule has 4 aromatic carbocycles. The van der Waals surface area contributed by atoms with Crippen LogP contribution in [0.5, 0.6) is 0 Å². The van der Waals surface area contributed by atoms with E-state index < -0.39 is 0 Å². The van der Waals surface area contributed by atoms with Gasteiger partial charge in [0.1, 0.15) is 0 Å². The first-order chi connectivity index (χ1) is 15.3. The van der Waals surface area contributed by atoms with Crippen molar-refractivity contribution in [1.29, 1.82) is 0 Å². The van der Waals surface area contributed by atoms with Crippen molar-refractivity contribution in [1.82, 2.24) is 15.0 Å². The molecule has 2 aromatic heterocycles. The van der Waals surface area contributed by atoms with Crippen LogP contribution in [-0.4, -0.2) is 15.0 Å². The molecule has 146 valence electrons. The SMILES string of the molecule is c1ccc(-c2cc(-c3ccccc3)nc(-c3ccc4[nH]c5ccccc5c4c3)n2)cc1. The number of nitrogens with zero attached hydrogens (tertiary/aromatic N) is 2. The van der Waals surface area contributed by atoms with Gasteiger partial charge in [0.25, 0.3) is 0 Å². The predicted molar refractivity (Wildman–Crippen MR) is 128 cm³/mol. The van der Waals surface area contributed by atoms with Crippen LogP contribution in [0.1, 0.15) is 0 Å². The zero-order valence-electron chi connectivity index (χ0n) is 16.8. The molecular weight excluding hydrogens is 378 g/mol. The number of nitrogens with one attached hydrogen (secondary N) is 1. The van der Waals surface area contributed by atoms with E-state index in [1.807, 2.05) is 36.4 Å². The summed E-state index contributed by atoms with van der Waals surface area (Å²) in [6.07, 6.45) is 0. The first-order valence-corrected chi connectivity index (χ1v) is 10.4. The molecule has 1 N–H and O–H groups in total. The van der Waals surface area contributed by atoms with Gasteiger partial charge in [-0.1, -0.05) is 78.9 Å². The Morgan fingerprint density at radius 3 is 1.71 bits per heavy atom. The van der Waals surface area contributed by atoms with E-state index in [2.05, 4.69) is 77.8 Å². The Hall–Kier alpha value is -4.24. The van der Waals surface area contributed by atoms with Crippen LogP contribution in [0.25, 0.3) is 55.7 Å². The van der Waals surface area contributed by atoms with E-state index in [4.69, 9.17) is 9.97 Å². The number of para-hydroxylation sites is 1. The topological polar surface area (TPSA) is 41.6 Å². The summed E-state index contributed by atoms with van der Waals surface area (Å²) in [5, 5.41) is 2.39. The number of aromatic nitrogens is 3. The first-order valence-electron chi connectivity index (χ1n) is 10.4. The van der Waals surface area contributed by atoms with Crippen molar-refractivity contribution >= 4 is 21.8 Å². The van der Waals surface area contributed by atoms with Crippen molar-refractivity contribution in [3.63, 3.8) is 0 Å². The number of aromatic amines is 1. The molecule has 0 fully saturated rings. The zero-order valence-corrected chi connectivity index (χ0v) is 16.8. The van der Waals surface area contributed by atoms with E-state index in [0.717, 1.165) is 44.9 Å². The summed E-state index contributed by atoms with van der Waals surface area (Å²) in [5.41, 5.74) is 7.26. The molecule has 3 heteroatoms. The van der Waals surface area contributed by atoms with E-state index in [1.54, 1.807) is 0 Å². The predicted octanol–water partition coefficient (Wildman–Crippen LogP) is 7.11. The maximum absolute atomic E-state index is 4.95. The number of benzene rings is 4. The van der Waals surface area contributed by atoms with Gasteiger partial charge in [0.05, 0.1) is 11.4 Å². The fourth-order valence-electron chi connectivity index (χ4n) is 4.08. The summed E-state index contributed by atoms with van der Waals surface area (Å²) >= 11 is 0. The van der Waals surface area contributed by atoms with Gasteiger partial charge in [0.2, 0.25) is 0 Å². The van der Waals surface area contributed by atoms with Crippen LogP contribution in [0.4, 0.5) is 0 Å². The second-order valence-corrected chi connectivity index (χ2v) is 7.63. The third-order valence-electron chi connectivity index (χ3n) is 5.63. The van der Waals surface area contributed by atoms with Crippen LogP contribution < -0.4 is 0 Å². The number of H-pyrrole nitrogens is 1. The fourth-order valence-corrected chi connectivity index (χ4v) is 4.08. The molecule has 3 nitrogen and oxygen atoms in total. The highest BCUT2D eigenvalue weighted by Gasteiger charge is 2.12. The van der Waals surface area contributed by atoms with Gasteiger partial charge in [-0.3, -0.25) is 0 Å². The second kappa shape index (κ2) is 7.22. The van der Waals surface area contributed by atoms with E-state index >= 15 is 0 Å². The Balaban J connectivity index is 1.58. The molecule has 0 aliphatic carbocycles. The van der Waals surface area contributed by atoms with E-state index in [9.17, 15) is 0 Å². The molecule has 0 radical (unpaired) electrons. The average molecular weight is 397 g/mol. The molecule has 0 unspecified atom stereocenters. The van der Waals surface area contributed by atoms with Gasteiger partial charge in [0, 0.05) is 38.5 Å². The second-order valence-electron chi connectivity index (χ2n) is 7.63. The van der Waals surface area contributed by atoms with Crippen LogP contribution >= 0.6 is 0 Å². The first kappa shape index (κ1) is 17.6. The third kappa shape index (κ3) is 3.17. The van der Waals surface area contributed by atoms with E-state index in [-0.39, 0.29) is 0 Å². The maximum Gasteiger partial charge on any atom is 0.160 e. The fraction of sp³-hybridized carbons (Fsp3) is 0. The lowest BCUT2D eigenvalue weighted by Gasteiger charge is -2.09. The minimum absolute atomic E-state index is 0.729. The van der Waals surface area contributed by atoms with Crippen LogP contribution in [0.2, 0.25) is 0 Å². The Morgan fingerprint density at radius 1 is 0.452 bits per heavy atom. The molecule has 6 rings (SSSR count). The van der Waals surface area contributed by atoms with Gasteiger partial charge >= 0.3 is 0 Å². The lowest BCUT2D eigenvalue weighted by molar-refractivity contribution is 1.18. The smallest absolute Gasteiger partial charge is 0.160 e. The van der Waals surface area contributed by atoms with Crippen molar-refractivity contribution in [3.8, 4) is 33.9 Å². The largest absolute Gasteiger partial charge is 0.355 e. The average Bonchev–Trinajstić information content (AvgIpc) is 3.23. The quantitative estimate of drug-likeness (QED) is 0.346. The molecule has 0 atom stereocenters. The molecule has 31 heavy (non-hydrogen) atoms. The monoisotopic (exact) mass is 397 g/mol. The molecule has 0 aliphatic rings. The normalized spacial score (nSPS) is 11.2. The third-order valence-corrected chi connectivity index (χ3v) is 5.63. The number of hydrogen-bond donors (Lipinski definition) is 1. The number of fused-ring (bicyclic) bond motifs is 3. The number of rotatable bonds is 3. The van der Waals surface area contributed by atoms with Gasteiger partial charge in [-0.05, 0) is 30.3 Å². The van der Waals surface area contributed by atoms with Gasteiger partial charge < -0.3 is 4.98 Å². The highest BCUT2D eigenvalue weighted by Crippen LogP contribution is 2.31. The van der Waals surface area contributed by atoms with E-state index in [1.165, 1.54) is 10.8 Å². The van der Waals surface area contributed by atoms with Gasteiger partial charge in [-0.2, -0.15) is 0 Å². The van der Waals surface area contributed by atoms with Gasteiger partial charge in [0.15, 0.2) is 5.82 Å². The Labute approximate surface area is 180 Å². The highest BCUT2D eigenvalue weighted by molar-refractivity contribution is 6.08. The Kier molecular flexibility index (Phi) is 4.10. The molecular formula is C28H19N3. The molecule has 0 saturated heterocycles. The summed E-state index contributed by atoms with van der Waals surface area (Å²) in [6.45, 7) is 0. The molecule has 0 aliphatic heterocycles. The highest BCUT2D eigenvalue weighted by atomic mass is 14.9. The molecule has 0 saturated carbocycles. The Morgan fingerprint density at radius 2 is 1.03 bits per heavy atom. The molecule has 6 aromatic rings. The summed E-state index contributed by atoms with van der Waals surface area (Å²) in [6, 6.07) is 37.4. The van der Waals surface area contributed by atoms with Gasteiger partial charge in [-0.25, -0.2) is 9.97 Å². The van der Waals surface area contributed by atoms with Crippen LogP contribution in [-0.2, 0) is 0 Å². The summed E-state index contributed by atoms with van der Waals surface area (Å²) in [4.78, 5) is 13.4. The number of hydrogen-bond acceptors (Lipinski definition) is 2. The standard InChI is InChI=1S/C28H19N3/c1-3-9-19(10-4-1)26-18-27(20-11-5-2-6-12-20)31-28(30-26)21-15-16-25-23(17-21)22-13-7-8-14-24(22)29-25/h1-18,29H. The molecule has 0 spiro atoms. The molecule has 2 heterocycles. The minimum Gasteiger partial charge on any atom is -0.355 e. The molecule has 0 amide bonds. The maximum atomic E-state index is 4.95. The van der Waals surface area contributed by atoms with Gasteiger partial charge in [-0.15, -0.1) is 0 Å². The van der Waals surface area contributed by atoms with Crippen LogP contribution in [0.15, 0.2) is 109 Å². The zero-order chi connectivity index (χ0) is 20.6. The summed E-state index contributed by atoms with van der Waals surface area (Å²) < 4.78 is 0. The van der Waals surface area contributed by atoms with Crippen molar-refractivity contribution in [2.24, 2.45) is 0 Å². The lowest BCUT2D eigenvalue weighted by atomic mass is 10.1. The lowest BCUT2D eigenvalue weighted by Crippen LogP contribution is -1.95. The van der Waals surface area contributed by atoms with Crippen molar-refractivity contribution < 1.29 is 0 Å². The van der Waals surface area contributed by atoms with Crippen molar-refractivity contribution in [2.45, 2.75) is 0 Å². The van der Waals surface area contributed by atoms with Crippen LogP contribution in [0.3, 0.4) is 0 Å². The van der Waals surface area contributed by atoms with E-state index in [0.29, 0.717) is 0 Å². The Bertz CT molecular complexity index is 1460. The van der Waals surface area contributed by atoms with Crippen LogP contribution in [0, 0.1) is 0 Å². The summed E-state index contributed by atoms with van der Waals surface area (Å²) in [7, 11) is 0. The minimum atomic E-state index is 0.729. The van der Waals surface area contributed by atoms with Crippen molar-refractivity contribution in [2.75, 3.05) is 0 Å². The summed E-state index contributed by atoms with van der Waals surface area (Å²) in [5.74, 6) is 0.729.